The van der Waals surface area contributed by atoms with E-state index in [-0.39, 0.29) is 5.91 Å². The number of amides is 2. The van der Waals surface area contributed by atoms with Gasteiger partial charge in [0.1, 0.15) is 11.6 Å². The third-order valence-corrected chi connectivity index (χ3v) is 4.57. The molecule has 27 heavy (non-hydrogen) atoms. The number of anilines is 2. The van der Waals surface area contributed by atoms with E-state index >= 15 is 0 Å². The number of para-hydroxylation sites is 1. The van der Waals surface area contributed by atoms with Crippen LogP contribution < -0.4 is 9.80 Å². The third-order valence-electron chi connectivity index (χ3n) is 4.57. The molecule has 1 atom stereocenters. The first-order chi connectivity index (χ1) is 12.7. The molecule has 2 aromatic rings. The Labute approximate surface area is 160 Å². The molecule has 2 amide bonds. The highest BCUT2D eigenvalue weighted by Gasteiger charge is 2.41. The molecule has 0 fully saturated rings. The standard InChI is InChI=1S/C22H26N2O3/c1-15-9-8-11-17(13-15)23(5)20(25)19-14-16-10-6-7-12-18(16)24(19)21(26)27-22(2,3)4/h6-13,19H,14H2,1-5H3. The number of nitrogens with zero attached hydrogens (tertiary/aromatic N) is 2. The minimum absolute atomic E-state index is 0.136. The first-order valence-corrected chi connectivity index (χ1v) is 9.12. The summed E-state index contributed by atoms with van der Waals surface area (Å²) in [5, 5.41) is 0. The van der Waals surface area contributed by atoms with Crippen LogP contribution in [0.15, 0.2) is 48.5 Å². The zero-order valence-electron chi connectivity index (χ0n) is 16.5. The fourth-order valence-corrected chi connectivity index (χ4v) is 3.31. The number of fused-ring (bicyclic) bond motifs is 1. The number of carbonyl (C=O) groups excluding carboxylic acids is 2. The predicted octanol–water partition coefficient (Wildman–Crippen LogP) is 4.32. The van der Waals surface area contributed by atoms with Gasteiger partial charge in [0.25, 0.3) is 0 Å². The van der Waals surface area contributed by atoms with Gasteiger partial charge in [0.2, 0.25) is 5.91 Å². The van der Waals surface area contributed by atoms with Crippen LogP contribution in [0.3, 0.4) is 0 Å². The lowest BCUT2D eigenvalue weighted by molar-refractivity contribution is -0.119. The van der Waals surface area contributed by atoms with Gasteiger partial charge in [0.15, 0.2) is 0 Å². The second kappa shape index (κ2) is 7.06. The molecule has 0 spiro atoms. The number of hydrogen-bond acceptors (Lipinski definition) is 3. The fourth-order valence-electron chi connectivity index (χ4n) is 3.31. The first-order valence-electron chi connectivity index (χ1n) is 9.12. The van der Waals surface area contributed by atoms with E-state index in [2.05, 4.69) is 0 Å². The van der Waals surface area contributed by atoms with Crippen molar-refractivity contribution in [3.05, 3.63) is 59.7 Å². The fraction of sp³-hybridized carbons (Fsp3) is 0.364. The lowest BCUT2D eigenvalue weighted by atomic mass is 10.1. The molecule has 5 nitrogen and oxygen atoms in total. The lowest BCUT2D eigenvalue weighted by Gasteiger charge is -2.30. The zero-order valence-corrected chi connectivity index (χ0v) is 16.5. The van der Waals surface area contributed by atoms with E-state index < -0.39 is 17.7 Å². The normalized spacial score (nSPS) is 16.0. The first kappa shape index (κ1) is 19.0. The maximum atomic E-state index is 13.3. The van der Waals surface area contributed by atoms with Crippen molar-refractivity contribution in [2.45, 2.75) is 45.8 Å². The molecule has 0 bridgehead atoms. The van der Waals surface area contributed by atoms with Crippen molar-refractivity contribution in [2.75, 3.05) is 16.8 Å². The van der Waals surface area contributed by atoms with Gasteiger partial charge >= 0.3 is 6.09 Å². The Kier molecular flexibility index (Phi) is 4.96. The molecule has 1 aliphatic heterocycles. The Balaban J connectivity index is 1.93. The van der Waals surface area contributed by atoms with Gasteiger partial charge in [-0.05, 0) is 57.0 Å². The quantitative estimate of drug-likeness (QED) is 0.795. The van der Waals surface area contributed by atoms with Gasteiger partial charge in [-0.25, -0.2) is 4.79 Å². The van der Waals surface area contributed by atoms with E-state index in [1.807, 2.05) is 76.2 Å². The summed E-state index contributed by atoms with van der Waals surface area (Å²) in [5.74, 6) is -0.136. The van der Waals surface area contributed by atoms with E-state index in [0.717, 1.165) is 22.5 Å². The lowest BCUT2D eigenvalue weighted by Crippen LogP contribution is -2.50. The highest BCUT2D eigenvalue weighted by atomic mass is 16.6. The van der Waals surface area contributed by atoms with Crippen LogP contribution in [0.5, 0.6) is 0 Å². The molecule has 142 valence electrons. The van der Waals surface area contributed by atoms with E-state index in [0.29, 0.717) is 6.42 Å². The summed E-state index contributed by atoms with van der Waals surface area (Å²) in [6.07, 6.45) is -0.0202. The van der Waals surface area contributed by atoms with Gasteiger partial charge in [0, 0.05) is 19.2 Å². The average molecular weight is 366 g/mol. The summed E-state index contributed by atoms with van der Waals surface area (Å²) in [7, 11) is 1.74. The summed E-state index contributed by atoms with van der Waals surface area (Å²) < 4.78 is 5.58. The van der Waals surface area contributed by atoms with Gasteiger partial charge in [-0.2, -0.15) is 0 Å². The Bertz CT molecular complexity index is 870. The topological polar surface area (TPSA) is 49.9 Å². The second-order valence-corrected chi connectivity index (χ2v) is 7.94. The third kappa shape index (κ3) is 3.97. The molecule has 0 radical (unpaired) electrons. The van der Waals surface area contributed by atoms with E-state index in [4.69, 9.17) is 4.74 Å². The molecule has 1 unspecified atom stereocenters. The van der Waals surface area contributed by atoms with E-state index in [1.54, 1.807) is 11.9 Å². The Morgan fingerprint density at radius 2 is 1.81 bits per heavy atom. The van der Waals surface area contributed by atoms with Gasteiger partial charge in [-0.3, -0.25) is 9.69 Å². The number of carbonyl (C=O) groups is 2. The van der Waals surface area contributed by atoms with Gasteiger partial charge < -0.3 is 9.64 Å². The smallest absolute Gasteiger partial charge is 0.415 e. The van der Waals surface area contributed by atoms with Crippen LogP contribution in [-0.2, 0) is 16.0 Å². The maximum Gasteiger partial charge on any atom is 0.415 e. The minimum atomic E-state index is -0.634. The zero-order chi connectivity index (χ0) is 19.8. The van der Waals surface area contributed by atoms with Crippen LogP contribution in [0.4, 0.5) is 16.2 Å². The highest BCUT2D eigenvalue weighted by molar-refractivity contribution is 6.06. The van der Waals surface area contributed by atoms with Crippen LogP contribution in [-0.4, -0.2) is 30.7 Å². The van der Waals surface area contributed by atoms with Gasteiger partial charge in [-0.15, -0.1) is 0 Å². The van der Waals surface area contributed by atoms with Crippen LogP contribution in [0.1, 0.15) is 31.9 Å². The Morgan fingerprint density at radius 1 is 1.11 bits per heavy atom. The highest BCUT2D eigenvalue weighted by Crippen LogP contribution is 2.34. The Hall–Kier alpha value is -2.82. The molecule has 1 heterocycles. The van der Waals surface area contributed by atoms with Crippen molar-refractivity contribution in [3.8, 4) is 0 Å². The molecule has 1 aliphatic rings. The molecule has 0 saturated heterocycles. The monoisotopic (exact) mass is 366 g/mol. The summed E-state index contributed by atoms with van der Waals surface area (Å²) in [6, 6.07) is 14.7. The molecule has 2 aromatic carbocycles. The summed E-state index contributed by atoms with van der Waals surface area (Å²) in [6.45, 7) is 7.45. The molecule has 0 saturated carbocycles. The molecule has 0 aromatic heterocycles. The number of benzene rings is 2. The largest absolute Gasteiger partial charge is 0.443 e. The number of likely N-dealkylation sites (N-methyl/N-ethyl adjacent to an activating group) is 1. The summed E-state index contributed by atoms with van der Waals surface area (Å²) in [5.41, 5.74) is 2.96. The van der Waals surface area contributed by atoms with Crippen LogP contribution in [0, 0.1) is 6.92 Å². The minimum Gasteiger partial charge on any atom is -0.443 e. The average Bonchev–Trinajstić information content (AvgIpc) is 2.98. The maximum absolute atomic E-state index is 13.3. The summed E-state index contributed by atoms with van der Waals surface area (Å²) in [4.78, 5) is 29.3. The number of hydrogen-bond donors (Lipinski definition) is 0. The molecule has 3 rings (SSSR count). The predicted molar refractivity (Wildman–Crippen MR) is 107 cm³/mol. The molecule has 5 heteroatoms. The van der Waals surface area contributed by atoms with Crippen molar-refractivity contribution >= 4 is 23.4 Å². The number of ether oxygens (including phenoxy) is 1. The van der Waals surface area contributed by atoms with E-state index in [1.165, 1.54) is 4.90 Å². The molecular formula is C22H26N2O3. The SMILES string of the molecule is Cc1cccc(N(C)C(=O)C2Cc3ccccc3N2C(=O)OC(C)(C)C)c1. The Morgan fingerprint density at radius 3 is 2.48 bits per heavy atom. The molecular weight excluding hydrogens is 340 g/mol. The molecule has 0 N–H and O–H groups in total. The van der Waals surface area contributed by atoms with Crippen molar-refractivity contribution in [1.82, 2.24) is 0 Å². The summed E-state index contributed by atoms with van der Waals surface area (Å²) >= 11 is 0. The molecule has 0 aliphatic carbocycles. The van der Waals surface area contributed by atoms with Crippen LogP contribution in [0.2, 0.25) is 0 Å². The second-order valence-electron chi connectivity index (χ2n) is 7.94. The number of rotatable bonds is 2. The van der Waals surface area contributed by atoms with Crippen LogP contribution >= 0.6 is 0 Å². The van der Waals surface area contributed by atoms with Gasteiger partial charge in [-0.1, -0.05) is 30.3 Å². The number of aryl methyl sites for hydroxylation is 1. The van der Waals surface area contributed by atoms with Crippen molar-refractivity contribution in [2.24, 2.45) is 0 Å². The van der Waals surface area contributed by atoms with Crippen molar-refractivity contribution < 1.29 is 14.3 Å². The van der Waals surface area contributed by atoms with Crippen molar-refractivity contribution in [1.29, 1.82) is 0 Å². The van der Waals surface area contributed by atoms with Crippen molar-refractivity contribution in [3.63, 3.8) is 0 Å². The van der Waals surface area contributed by atoms with Gasteiger partial charge in [0.05, 0.1) is 5.69 Å². The van der Waals surface area contributed by atoms with E-state index in [9.17, 15) is 9.59 Å². The van der Waals surface area contributed by atoms with Crippen LogP contribution in [0.25, 0.3) is 0 Å².